The Bertz CT molecular complexity index is 270. The summed E-state index contributed by atoms with van der Waals surface area (Å²) in [4.78, 5) is 23.1. The Morgan fingerprint density at radius 2 is 1.84 bits per heavy atom. The number of hydrogen-bond donors (Lipinski definition) is 3. The number of amides is 2. The predicted molar refractivity (Wildman–Crippen MR) is 74.8 cm³/mol. The summed E-state index contributed by atoms with van der Waals surface area (Å²) < 4.78 is 4.89. The minimum Gasteiger partial charge on any atom is -0.385 e. The van der Waals surface area contributed by atoms with Crippen LogP contribution in [0.1, 0.15) is 27.2 Å². The van der Waals surface area contributed by atoms with Crippen molar-refractivity contribution in [1.82, 2.24) is 16.0 Å². The zero-order valence-electron chi connectivity index (χ0n) is 12.4. The van der Waals surface area contributed by atoms with Crippen molar-refractivity contribution in [2.75, 3.05) is 33.4 Å². The normalized spacial score (nSPS) is 12.3. The first-order valence-electron chi connectivity index (χ1n) is 6.74. The summed E-state index contributed by atoms with van der Waals surface area (Å²) in [6.07, 6.45) is 0.782. The van der Waals surface area contributed by atoms with Gasteiger partial charge in [0.05, 0.1) is 12.6 Å². The molecule has 0 spiro atoms. The van der Waals surface area contributed by atoms with E-state index in [0.717, 1.165) is 6.42 Å². The fraction of sp³-hybridized carbons (Fsp3) is 0.846. The van der Waals surface area contributed by atoms with E-state index in [4.69, 9.17) is 4.74 Å². The van der Waals surface area contributed by atoms with Crippen molar-refractivity contribution >= 4 is 11.8 Å². The van der Waals surface area contributed by atoms with Crippen molar-refractivity contribution < 1.29 is 14.3 Å². The summed E-state index contributed by atoms with van der Waals surface area (Å²) in [5.74, 6) is 0.228. The summed E-state index contributed by atoms with van der Waals surface area (Å²) in [5, 5.41) is 8.46. The molecule has 0 radical (unpaired) electrons. The van der Waals surface area contributed by atoms with Crippen molar-refractivity contribution in [3.8, 4) is 0 Å². The lowest BCUT2D eigenvalue weighted by atomic mass is 10.2. The molecular formula is C13H27N3O3. The predicted octanol–water partition coefficient (Wildman–Crippen LogP) is -0.111. The molecule has 0 aliphatic heterocycles. The topological polar surface area (TPSA) is 79.5 Å². The Balaban J connectivity index is 3.68. The summed E-state index contributed by atoms with van der Waals surface area (Å²) >= 11 is 0. The van der Waals surface area contributed by atoms with Crippen LogP contribution in [0.3, 0.4) is 0 Å². The number of carbonyl (C=O) groups is 2. The van der Waals surface area contributed by atoms with Crippen LogP contribution < -0.4 is 16.0 Å². The number of nitrogens with one attached hydrogen (secondary N) is 3. The van der Waals surface area contributed by atoms with E-state index in [1.165, 1.54) is 0 Å². The van der Waals surface area contributed by atoms with Gasteiger partial charge in [-0.15, -0.1) is 0 Å². The summed E-state index contributed by atoms with van der Waals surface area (Å²) in [5.41, 5.74) is 0. The van der Waals surface area contributed by atoms with Gasteiger partial charge in [-0.25, -0.2) is 0 Å². The number of ether oxygens (including phenoxy) is 1. The number of rotatable bonds is 10. The first-order chi connectivity index (χ1) is 8.97. The summed E-state index contributed by atoms with van der Waals surface area (Å²) in [6, 6.07) is -0.382. The van der Waals surface area contributed by atoms with Crippen molar-refractivity contribution in [3.05, 3.63) is 0 Å². The Kier molecular flexibility index (Phi) is 10.1. The molecule has 0 heterocycles. The van der Waals surface area contributed by atoms with Crippen molar-refractivity contribution in [2.45, 2.75) is 33.2 Å². The van der Waals surface area contributed by atoms with Crippen molar-refractivity contribution in [2.24, 2.45) is 5.92 Å². The second-order valence-corrected chi connectivity index (χ2v) is 4.94. The van der Waals surface area contributed by atoms with Crippen LogP contribution >= 0.6 is 0 Å². The second-order valence-electron chi connectivity index (χ2n) is 4.94. The van der Waals surface area contributed by atoms with Gasteiger partial charge in [-0.05, 0) is 19.3 Å². The van der Waals surface area contributed by atoms with Gasteiger partial charge in [0.1, 0.15) is 0 Å². The van der Waals surface area contributed by atoms with Gasteiger partial charge >= 0.3 is 0 Å². The van der Waals surface area contributed by atoms with Crippen LogP contribution in [0.25, 0.3) is 0 Å². The minimum atomic E-state index is -0.382. The molecule has 0 aromatic heterocycles. The maximum atomic E-state index is 11.6. The minimum absolute atomic E-state index is 0.0901. The molecular weight excluding hydrogens is 246 g/mol. The van der Waals surface area contributed by atoms with Gasteiger partial charge in [-0.3, -0.25) is 14.9 Å². The van der Waals surface area contributed by atoms with Gasteiger partial charge in [0.25, 0.3) is 0 Å². The molecule has 0 fully saturated rings. The van der Waals surface area contributed by atoms with Gasteiger partial charge in [-0.1, -0.05) is 13.8 Å². The van der Waals surface area contributed by atoms with Crippen molar-refractivity contribution in [1.29, 1.82) is 0 Å². The fourth-order valence-electron chi connectivity index (χ4n) is 1.30. The van der Waals surface area contributed by atoms with E-state index < -0.39 is 0 Å². The molecule has 6 heteroatoms. The Morgan fingerprint density at radius 3 is 2.42 bits per heavy atom. The van der Waals surface area contributed by atoms with Crippen LogP contribution in [0.4, 0.5) is 0 Å². The SMILES string of the molecule is COCCCNC(=O)C(C)NCC(=O)NCC(C)C. The average molecular weight is 273 g/mol. The van der Waals surface area contributed by atoms with E-state index in [-0.39, 0.29) is 24.4 Å². The molecule has 6 nitrogen and oxygen atoms in total. The first kappa shape index (κ1) is 17.9. The number of methoxy groups -OCH3 is 1. The van der Waals surface area contributed by atoms with E-state index in [9.17, 15) is 9.59 Å². The molecule has 0 saturated heterocycles. The molecule has 0 saturated carbocycles. The quantitative estimate of drug-likeness (QED) is 0.485. The molecule has 2 amide bonds. The van der Waals surface area contributed by atoms with Gasteiger partial charge in [0.15, 0.2) is 0 Å². The summed E-state index contributed by atoms with van der Waals surface area (Å²) in [6.45, 7) is 7.81. The second kappa shape index (κ2) is 10.8. The maximum Gasteiger partial charge on any atom is 0.236 e. The smallest absolute Gasteiger partial charge is 0.236 e. The highest BCUT2D eigenvalue weighted by molar-refractivity contribution is 5.83. The molecule has 19 heavy (non-hydrogen) atoms. The van der Waals surface area contributed by atoms with Gasteiger partial charge in [0, 0.05) is 26.8 Å². The Labute approximate surface area is 115 Å². The molecule has 0 rings (SSSR count). The fourth-order valence-corrected chi connectivity index (χ4v) is 1.30. The van der Waals surface area contributed by atoms with Crippen LogP contribution in [0.15, 0.2) is 0 Å². The van der Waals surface area contributed by atoms with Crippen LogP contribution in [0, 0.1) is 5.92 Å². The lowest BCUT2D eigenvalue weighted by Gasteiger charge is -2.14. The standard InChI is InChI=1S/C13H27N3O3/c1-10(2)8-16-12(17)9-15-11(3)13(18)14-6-5-7-19-4/h10-11,15H,5-9H2,1-4H3,(H,14,18)(H,16,17). The molecule has 0 aromatic rings. The monoisotopic (exact) mass is 273 g/mol. The average Bonchev–Trinajstić information content (AvgIpc) is 2.38. The largest absolute Gasteiger partial charge is 0.385 e. The number of hydrogen-bond acceptors (Lipinski definition) is 4. The lowest BCUT2D eigenvalue weighted by molar-refractivity contribution is -0.123. The van der Waals surface area contributed by atoms with E-state index in [1.807, 2.05) is 13.8 Å². The van der Waals surface area contributed by atoms with Crippen LogP contribution in [0.5, 0.6) is 0 Å². The van der Waals surface area contributed by atoms with Crippen LogP contribution in [-0.2, 0) is 14.3 Å². The maximum absolute atomic E-state index is 11.6. The van der Waals surface area contributed by atoms with E-state index in [1.54, 1.807) is 14.0 Å². The molecule has 0 bridgehead atoms. The third-order valence-corrected chi connectivity index (χ3v) is 2.49. The zero-order chi connectivity index (χ0) is 14.7. The third-order valence-electron chi connectivity index (χ3n) is 2.49. The summed E-state index contributed by atoms with van der Waals surface area (Å²) in [7, 11) is 1.63. The van der Waals surface area contributed by atoms with Gasteiger partial charge in [0.2, 0.25) is 11.8 Å². The highest BCUT2D eigenvalue weighted by Gasteiger charge is 2.12. The van der Waals surface area contributed by atoms with E-state index >= 15 is 0 Å². The van der Waals surface area contributed by atoms with E-state index in [0.29, 0.717) is 25.6 Å². The van der Waals surface area contributed by atoms with Crippen LogP contribution in [-0.4, -0.2) is 51.2 Å². The highest BCUT2D eigenvalue weighted by atomic mass is 16.5. The Hall–Kier alpha value is -1.14. The molecule has 3 N–H and O–H groups in total. The first-order valence-corrected chi connectivity index (χ1v) is 6.74. The van der Waals surface area contributed by atoms with Gasteiger partial charge < -0.3 is 15.4 Å². The molecule has 1 atom stereocenters. The molecule has 112 valence electrons. The third kappa shape index (κ3) is 10.5. The molecule has 0 aliphatic rings. The zero-order valence-corrected chi connectivity index (χ0v) is 12.4. The van der Waals surface area contributed by atoms with Gasteiger partial charge in [-0.2, -0.15) is 0 Å². The van der Waals surface area contributed by atoms with Crippen LogP contribution in [0.2, 0.25) is 0 Å². The van der Waals surface area contributed by atoms with Crippen molar-refractivity contribution in [3.63, 3.8) is 0 Å². The highest BCUT2D eigenvalue weighted by Crippen LogP contribution is 1.87. The molecule has 0 aromatic carbocycles. The molecule has 1 unspecified atom stereocenters. The lowest BCUT2D eigenvalue weighted by Crippen LogP contribution is -2.46. The Morgan fingerprint density at radius 1 is 1.16 bits per heavy atom. The van der Waals surface area contributed by atoms with E-state index in [2.05, 4.69) is 16.0 Å². The molecule has 0 aliphatic carbocycles. The number of carbonyl (C=O) groups excluding carboxylic acids is 2.